The van der Waals surface area contributed by atoms with Crippen LogP contribution >= 0.6 is 11.3 Å². The van der Waals surface area contributed by atoms with Gasteiger partial charge in [0.05, 0.1) is 31.5 Å². The van der Waals surface area contributed by atoms with Gasteiger partial charge in [0.15, 0.2) is 0 Å². The van der Waals surface area contributed by atoms with E-state index >= 15 is 0 Å². The van der Waals surface area contributed by atoms with E-state index < -0.39 is 11.9 Å². The van der Waals surface area contributed by atoms with E-state index in [4.69, 9.17) is 4.74 Å². The third-order valence-electron chi connectivity index (χ3n) is 4.05. The molecule has 134 valence electrons. The van der Waals surface area contributed by atoms with E-state index in [1.54, 1.807) is 30.4 Å². The minimum absolute atomic E-state index is 0.0396. The number of esters is 1. The summed E-state index contributed by atoms with van der Waals surface area (Å²) in [7, 11) is 1.32. The van der Waals surface area contributed by atoms with Crippen LogP contribution in [0.1, 0.15) is 18.2 Å². The number of rotatable bonds is 6. The Morgan fingerprint density at radius 1 is 1.27 bits per heavy atom. The lowest BCUT2D eigenvalue weighted by molar-refractivity contribution is -0.139. The van der Waals surface area contributed by atoms with Crippen LogP contribution in [0.5, 0.6) is 0 Å². The third kappa shape index (κ3) is 3.88. The molecule has 0 N–H and O–H groups in total. The Kier molecular flexibility index (Phi) is 5.58. The zero-order valence-corrected chi connectivity index (χ0v) is 15.4. The molecule has 26 heavy (non-hydrogen) atoms. The summed E-state index contributed by atoms with van der Waals surface area (Å²) >= 11 is 1.61. The van der Waals surface area contributed by atoms with Gasteiger partial charge in [-0.3, -0.25) is 14.6 Å². The molecule has 0 saturated carbocycles. The number of anilines is 1. The molecule has 1 aliphatic heterocycles. The van der Waals surface area contributed by atoms with Gasteiger partial charge >= 0.3 is 5.97 Å². The number of hydrogen-bond donors (Lipinski definition) is 0. The van der Waals surface area contributed by atoms with Gasteiger partial charge in [-0.25, -0.2) is 0 Å². The van der Waals surface area contributed by atoms with Crippen molar-refractivity contribution in [2.24, 2.45) is 16.0 Å². The van der Waals surface area contributed by atoms with Crippen molar-refractivity contribution in [2.75, 3.05) is 12.1 Å². The van der Waals surface area contributed by atoms with Gasteiger partial charge in [-0.05, 0) is 30.5 Å². The molecule has 0 fully saturated rings. The van der Waals surface area contributed by atoms with E-state index in [-0.39, 0.29) is 12.3 Å². The number of hydrazone groups is 1. The van der Waals surface area contributed by atoms with Crippen molar-refractivity contribution in [2.45, 2.75) is 19.9 Å². The molecule has 1 aromatic heterocycles. The molecule has 1 atom stereocenters. The monoisotopic (exact) mass is 369 g/mol. The van der Waals surface area contributed by atoms with Gasteiger partial charge in [-0.1, -0.05) is 24.3 Å². The average molecular weight is 369 g/mol. The Labute approximate surface area is 155 Å². The zero-order valence-electron chi connectivity index (χ0n) is 14.6. The number of amides is 1. The van der Waals surface area contributed by atoms with Crippen LogP contribution in [-0.4, -0.2) is 30.4 Å². The predicted molar refractivity (Wildman–Crippen MR) is 103 cm³/mol. The van der Waals surface area contributed by atoms with Gasteiger partial charge in [0, 0.05) is 10.6 Å². The maximum atomic E-state index is 13.0. The lowest BCUT2D eigenvalue weighted by atomic mass is 9.96. The fraction of sp³-hybridized carbons (Fsp3) is 0.263. The number of methoxy groups -OCH3 is 1. The highest BCUT2D eigenvalue weighted by Gasteiger charge is 2.39. The first-order valence-electron chi connectivity index (χ1n) is 8.16. The Hall–Kier alpha value is -2.80. The topological polar surface area (TPSA) is 71.3 Å². The normalized spacial score (nSPS) is 17.4. The number of ether oxygens (including phenoxy) is 1. The maximum Gasteiger partial charge on any atom is 0.311 e. The molecule has 3 rings (SSSR count). The van der Waals surface area contributed by atoms with Crippen LogP contribution in [0.3, 0.4) is 0 Å². The average Bonchev–Trinajstić information content (AvgIpc) is 3.28. The third-order valence-corrected chi connectivity index (χ3v) is 4.91. The molecule has 0 aliphatic carbocycles. The number of nitrogens with zero attached hydrogens (tertiary/aromatic N) is 3. The van der Waals surface area contributed by atoms with Crippen LogP contribution in [0.4, 0.5) is 5.69 Å². The van der Waals surface area contributed by atoms with Crippen molar-refractivity contribution in [1.82, 2.24) is 0 Å². The van der Waals surface area contributed by atoms with Crippen molar-refractivity contribution in [3.05, 3.63) is 52.7 Å². The number of aliphatic imine (C=N–C) groups is 1. The van der Waals surface area contributed by atoms with Crippen molar-refractivity contribution in [3.8, 4) is 0 Å². The van der Waals surface area contributed by atoms with Crippen LogP contribution in [0.25, 0.3) is 0 Å². The molecule has 0 radical (unpaired) electrons. The minimum atomic E-state index is -0.644. The SMILES string of the molecule is COC(=O)CC1=NN(c2ccccc2)C(=O)C1C(C)=NCc1cccs1. The summed E-state index contributed by atoms with van der Waals surface area (Å²) in [6.45, 7) is 2.31. The van der Waals surface area contributed by atoms with E-state index in [2.05, 4.69) is 10.1 Å². The van der Waals surface area contributed by atoms with Gasteiger partial charge in [-0.2, -0.15) is 10.1 Å². The van der Waals surface area contributed by atoms with E-state index in [1.165, 1.54) is 12.1 Å². The second kappa shape index (κ2) is 8.05. The molecular formula is C19H19N3O3S. The fourth-order valence-electron chi connectivity index (χ4n) is 2.73. The molecule has 1 amide bonds. The zero-order chi connectivity index (χ0) is 18.5. The molecule has 2 heterocycles. The van der Waals surface area contributed by atoms with Gasteiger partial charge in [0.1, 0.15) is 5.92 Å². The Morgan fingerprint density at radius 3 is 2.69 bits per heavy atom. The molecule has 7 heteroatoms. The van der Waals surface area contributed by atoms with Crippen LogP contribution in [0, 0.1) is 5.92 Å². The summed E-state index contributed by atoms with van der Waals surface area (Å²) in [5.74, 6) is -1.28. The van der Waals surface area contributed by atoms with Gasteiger partial charge in [-0.15, -0.1) is 11.3 Å². The first-order chi connectivity index (χ1) is 12.6. The number of hydrogen-bond acceptors (Lipinski definition) is 6. The molecule has 6 nitrogen and oxygen atoms in total. The van der Waals surface area contributed by atoms with Crippen LogP contribution in [-0.2, 0) is 20.9 Å². The maximum absolute atomic E-state index is 13.0. The summed E-state index contributed by atoms with van der Waals surface area (Å²) in [6.07, 6.45) is -0.0396. The Morgan fingerprint density at radius 2 is 2.04 bits per heavy atom. The van der Waals surface area contributed by atoms with Gasteiger partial charge in [0.25, 0.3) is 5.91 Å². The van der Waals surface area contributed by atoms with Crippen molar-refractivity contribution < 1.29 is 14.3 Å². The van der Waals surface area contributed by atoms with Crippen LogP contribution < -0.4 is 5.01 Å². The van der Waals surface area contributed by atoms with Gasteiger partial charge < -0.3 is 4.74 Å². The molecular weight excluding hydrogens is 350 g/mol. The molecule has 2 aromatic rings. The summed E-state index contributed by atoms with van der Waals surface area (Å²) < 4.78 is 4.75. The Bertz CT molecular complexity index is 844. The molecule has 0 bridgehead atoms. The fourth-order valence-corrected chi connectivity index (χ4v) is 3.36. The van der Waals surface area contributed by atoms with Crippen LogP contribution in [0.15, 0.2) is 57.9 Å². The van der Waals surface area contributed by atoms with Crippen LogP contribution in [0.2, 0.25) is 0 Å². The summed E-state index contributed by atoms with van der Waals surface area (Å²) in [6, 6.07) is 13.1. The molecule has 0 spiro atoms. The highest BCUT2D eigenvalue weighted by atomic mass is 32.1. The molecule has 1 aromatic carbocycles. The number of carbonyl (C=O) groups is 2. The minimum Gasteiger partial charge on any atom is -0.469 e. The van der Waals surface area contributed by atoms with E-state index in [1.807, 2.05) is 35.7 Å². The van der Waals surface area contributed by atoms with Crippen molar-refractivity contribution in [3.63, 3.8) is 0 Å². The number of para-hydroxylation sites is 1. The number of carbonyl (C=O) groups excluding carboxylic acids is 2. The smallest absolute Gasteiger partial charge is 0.311 e. The highest BCUT2D eigenvalue weighted by molar-refractivity contribution is 7.09. The van der Waals surface area contributed by atoms with E-state index in [0.717, 1.165) is 4.88 Å². The first kappa shape index (κ1) is 18.0. The summed E-state index contributed by atoms with van der Waals surface area (Å²) in [5, 5.41) is 7.72. The standard InChI is InChI=1S/C19H19N3O3S/c1-13(20-12-15-9-6-10-26-15)18-16(11-17(23)25-2)21-22(19(18)24)14-7-4-3-5-8-14/h3-10,18H,11-12H2,1-2H3. The Balaban J connectivity index is 1.88. The summed E-state index contributed by atoms with van der Waals surface area (Å²) in [5.41, 5.74) is 1.76. The molecule has 1 unspecified atom stereocenters. The number of thiophene rings is 1. The molecule has 0 saturated heterocycles. The van der Waals surface area contributed by atoms with E-state index in [0.29, 0.717) is 23.7 Å². The largest absolute Gasteiger partial charge is 0.469 e. The summed E-state index contributed by atoms with van der Waals surface area (Å²) in [4.78, 5) is 30.4. The first-order valence-corrected chi connectivity index (χ1v) is 9.04. The predicted octanol–water partition coefficient (Wildman–Crippen LogP) is 3.29. The second-order valence-corrected chi connectivity index (χ2v) is 6.83. The van der Waals surface area contributed by atoms with E-state index in [9.17, 15) is 9.59 Å². The lowest BCUT2D eigenvalue weighted by Crippen LogP contribution is -2.33. The number of benzene rings is 1. The lowest BCUT2D eigenvalue weighted by Gasteiger charge is -2.14. The molecule has 1 aliphatic rings. The van der Waals surface area contributed by atoms with Gasteiger partial charge in [0.2, 0.25) is 0 Å². The van der Waals surface area contributed by atoms with Crippen molar-refractivity contribution in [1.29, 1.82) is 0 Å². The quantitative estimate of drug-likeness (QED) is 0.579. The van der Waals surface area contributed by atoms with Crippen molar-refractivity contribution >= 4 is 40.3 Å². The highest BCUT2D eigenvalue weighted by Crippen LogP contribution is 2.26. The second-order valence-electron chi connectivity index (χ2n) is 5.80.